The van der Waals surface area contributed by atoms with Crippen LogP contribution in [0, 0.1) is 4.77 Å². The Kier molecular flexibility index (Phi) is 1.46. The van der Waals surface area contributed by atoms with Crippen LogP contribution >= 0.6 is 12.2 Å². The van der Waals surface area contributed by atoms with Gasteiger partial charge in [0, 0.05) is 0 Å². The average molecular weight is 160 g/mol. The molecule has 0 aliphatic carbocycles. The van der Waals surface area contributed by atoms with Gasteiger partial charge in [-0.1, -0.05) is 0 Å². The van der Waals surface area contributed by atoms with Gasteiger partial charge in [0.2, 0.25) is 0 Å². The lowest BCUT2D eigenvalue weighted by Gasteiger charge is -1.95. The fourth-order valence-corrected chi connectivity index (χ4v) is 0.716. The molecule has 0 amide bonds. The number of aromatic amines is 2. The Hall–Kier alpha value is -1.30. The van der Waals surface area contributed by atoms with Gasteiger partial charge < -0.3 is 16.5 Å². The van der Waals surface area contributed by atoms with E-state index in [-0.39, 0.29) is 16.3 Å². The molecule has 0 spiro atoms. The maximum absolute atomic E-state index is 10.7. The molecule has 0 atom stereocenters. The summed E-state index contributed by atoms with van der Waals surface area (Å²) in [6, 6.07) is 0. The molecule has 0 saturated carbocycles. The number of anilines is 2. The maximum Gasteiger partial charge on any atom is 0.277 e. The van der Waals surface area contributed by atoms with E-state index in [0.29, 0.717) is 0 Å². The van der Waals surface area contributed by atoms with Crippen molar-refractivity contribution in [2.75, 3.05) is 11.5 Å². The molecular formula is C4H6N4OS. The van der Waals surface area contributed by atoms with Gasteiger partial charge in [0.1, 0.15) is 11.5 Å². The largest absolute Gasteiger partial charge is 0.391 e. The minimum Gasteiger partial charge on any atom is -0.391 e. The van der Waals surface area contributed by atoms with Crippen molar-refractivity contribution < 1.29 is 0 Å². The van der Waals surface area contributed by atoms with E-state index < -0.39 is 5.56 Å². The first-order valence-corrected chi connectivity index (χ1v) is 2.89. The highest BCUT2D eigenvalue weighted by molar-refractivity contribution is 7.71. The van der Waals surface area contributed by atoms with Gasteiger partial charge in [-0.2, -0.15) is 0 Å². The summed E-state index contributed by atoms with van der Waals surface area (Å²) in [5.41, 5.74) is 9.97. The monoisotopic (exact) mass is 160 g/mol. The van der Waals surface area contributed by atoms with Crippen molar-refractivity contribution in [1.82, 2.24) is 9.97 Å². The molecular weight excluding hydrogens is 154 g/mol. The molecule has 5 nitrogen and oxygen atoms in total. The second-order valence-electron chi connectivity index (χ2n) is 1.74. The van der Waals surface area contributed by atoms with Crippen LogP contribution in [0.15, 0.2) is 4.79 Å². The van der Waals surface area contributed by atoms with Gasteiger partial charge in [-0.05, 0) is 12.2 Å². The van der Waals surface area contributed by atoms with E-state index in [9.17, 15) is 4.79 Å². The van der Waals surface area contributed by atoms with Gasteiger partial charge in [-0.25, -0.2) is 0 Å². The van der Waals surface area contributed by atoms with Crippen LogP contribution < -0.4 is 17.0 Å². The number of rotatable bonds is 0. The minimum absolute atomic E-state index is 0.0337. The predicted molar refractivity (Wildman–Crippen MR) is 41.1 cm³/mol. The summed E-state index contributed by atoms with van der Waals surface area (Å²) in [6.07, 6.45) is 0. The molecule has 0 aromatic carbocycles. The SMILES string of the molecule is N[13c]1[nH]c(=S)[nH]c(=O)c1[15NH2]. The first-order chi connectivity index (χ1) is 4.61. The van der Waals surface area contributed by atoms with Crippen molar-refractivity contribution in [3.05, 3.63) is 15.1 Å². The molecule has 1 aromatic rings. The van der Waals surface area contributed by atoms with Crippen molar-refractivity contribution in [2.24, 2.45) is 0 Å². The van der Waals surface area contributed by atoms with Gasteiger partial charge in [-0.3, -0.25) is 9.78 Å². The van der Waals surface area contributed by atoms with E-state index in [2.05, 4.69) is 22.2 Å². The molecule has 0 bridgehead atoms. The fourth-order valence-electron chi connectivity index (χ4n) is 0.514. The van der Waals surface area contributed by atoms with Crippen LogP contribution in [0.4, 0.5) is 11.5 Å². The van der Waals surface area contributed by atoms with Crippen LogP contribution in [-0.4, -0.2) is 9.97 Å². The van der Waals surface area contributed by atoms with Crippen LogP contribution in [0.5, 0.6) is 0 Å². The maximum atomic E-state index is 10.7. The number of hydrogen-bond acceptors (Lipinski definition) is 4. The number of nitrogens with two attached hydrogens (primary N) is 2. The van der Waals surface area contributed by atoms with E-state index >= 15 is 0 Å². The summed E-state index contributed by atoms with van der Waals surface area (Å²) in [5.74, 6) is 0.105. The van der Waals surface area contributed by atoms with E-state index in [0.717, 1.165) is 0 Å². The molecule has 10 heavy (non-hydrogen) atoms. The van der Waals surface area contributed by atoms with Gasteiger partial charge in [-0.15, -0.1) is 0 Å². The third-order valence-electron chi connectivity index (χ3n) is 1.01. The number of hydrogen-bond donors (Lipinski definition) is 4. The van der Waals surface area contributed by atoms with Crippen molar-refractivity contribution in [3.63, 3.8) is 0 Å². The van der Waals surface area contributed by atoms with Crippen molar-refractivity contribution in [2.45, 2.75) is 0 Å². The zero-order valence-corrected chi connectivity index (χ0v) is 5.79. The summed E-state index contributed by atoms with van der Waals surface area (Å²) in [5, 5.41) is 0. The zero-order valence-electron chi connectivity index (χ0n) is 4.97. The number of H-pyrrole nitrogens is 2. The van der Waals surface area contributed by atoms with E-state index in [1.165, 1.54) is 0 Å². The van der Waals surface area contributed by atoms with Gasteiger partial charge in [0.15, 0.2) is 4.77 Å². The molecule has 1 rings (SSSR count). The standard InChI is InChI=1S/C4H6N4OS/c5-1-2(6)7-4(10)8-3(1)9/h5H2,(H4,6,7,8,9,10)/i2+1,5+1. The van der Waals surface area contributed by atoms with E-state index in [1.807, 2.05) is 0 Å². The van der Waals surface area contributed by atoms with Crippen LogP contribution in [-0.2, 0) is 0 Å². The molecule has 0 radical (unpaired) electrons. The lowest BCUT2D eigenvalue weighted by Crippen LogP contribution is -2.15. The molecule has 1 aromatic heterocycles. The van der Waals surface area contributed by atoms with Gasteiger partial charge in [0.25, 0.3) is 5.56 Å². The summed E-state index contributed by atoms with van der Waals surface area (Å²) < 4.78 is 0.178. The average Bonchev–Trinajstić information content (AvgIpc) is 1.82. The summed E-state index contributed by atoms with van der Waals surface area (Å²) >= 11 is 4.60. The van der Waals surface area contributed by atoms with Crippen LogP contribution in [0.25, 0.3) is 0 Å². The Morgan fingerprint density at radius 2 is 1.90 bits per heavy atom. The number of nitrogens with one attached hydrogen (secondary N) is 2. The highest BCUT2D eigenvalue weighted by Gasteiger charge is 1.97. The Balaban J connectivity index is 3.62. The highest BCUT2D eigenvalue weighted by Crippen LogP contribution is 1.99. The lowest BCUT2D eigenvalue weighted by atomic mass is 10.7. The number of aromatic nitrogens is 2. The molecule has 54 valence electrons. The fraction of sp³-hybridized carbons (Fsp3) is 0. The van der Waals surface area contributed by atoms with Crippen LogP contribution in [0.1, 0.15) is 0 Å². The predicted octanol–water partition coefficient (Wildman–Crippen LogP) is -0.403. The first-order valence-electron chi connectivity index (χ1n) is 2.49. The third kappa shape index (κ3) is 1.01. The molecule has 0 aliphatic rings. The summed E-state index contributed by atoms with van der Waals surface area (Å²) in [7, 11) is 0. The third-order valence-corrected chi connectivity index (χ3v) is 1.21. The minimum atomic E-state index is -0.457. The van der Waals surface area contributed by atoms with Crippen molar-refractivity contribution >= 4 is 23.7 Å². The normalized spacial score (nSPS) is 9.60. The molecule has 0 fully saturated rings. The summed E-state index contributed by atoms with van der Waals surface area (Å²) in [6.45, 7) is 0. The smallest absolute Gasteiger partial charge is 0.277 e. The quantitative estimate of drug-likeness (QED) is 0.306. The van der Waals surface area contributed by atoms with Crippen LogP contribution in [0.2, 0.25) is 0 Å². The number of nitrogen functional groups attached to an aromatic ring is 2. The Bertz CT molecular complexity index is 351. The topological polar surface area (TPSA) is 101 Å². The van der Waals surface area contributed by atoms with E-state index in [1.54, 1.807) is 0 Å². The Morgan fingerprint density at radius 3 is 2.40 bits per heavy atom. The second-order valence-corrected chi connectivity index (χ2v) is 2.14. The summed E-state index contributed by atoms with van der Waals surface area (Å²) in [4.78, 5) is 15.5. The lowest BCUT2D eigenvalue weighted by molar-refractivity contribution is 1.10. The Morgan fingerprint density at radius 1 is 1.30 bits per heavy atom. The molecule has 6 N–H and O–H groups in total. The van der Waals surface area contributed by atoms with Gasteiger partial charge >= 0.3 is 0 Å². The van der Waals surface area contributed by atoms with Gasteiger partial charge in [0.05, 0.1) is 0 Å². The van der Waals surface area contributed by atoms with Crippen molar-refractivity contribution in [3.8, 4) is 0 Å². The highest BCUT2D eigenvalue weighted by atomic mass is 32.1. The van der Waals surface area contributed by atoms with E-state index in [4.69, 9.17) is 11.5 Å². The molecule has 0 unspecified atom stereocenters. The first kappa shape index (κ1) is 6.81. The van der Waals surface area contributed by atoms with Crippen LogP contribution in [0.3, 0.4) is 0 Å². The molecule has 6 heteroatoms. The molecule has 1 heterocycles. The van der Waals surface area contributed by atoms with Crippen molar-refractivity contribution in [1.29, 1.82) is 0 Å². The zero-order chi connectivity index (χ0) is 7.72. The Labute approximate surface area is 61.1 Å². The molecule has 0 aliphatic heterocycles. The second kappa shape index (κ2) is 2.14. The molecule has 0 saturated heterocycles.